The van der Waals surface area contributed by atoms with Gasteiger partial charge in [-0.05, 0) is 56.2 Å². The van der Waals surface area contributed by atoms with E-state index in [0.29, 0.717) is 11.8 Å². The monoisotopic (exact) mass is 368 g/mol. The Balaban J connectivity index is 1.45. The molecule has 6 heteroatoms. The van der Waals surface area contributed by atoms with Gasteiger partial charge in [-0.25, -0.2) is 0 Å². The smallest absolute Gasteiger partial charge is 0.233 e. The Labute approximate surface area is 160 Å². The first-order valence-corrected chi connectivity index (χ1v) is 9.97. The van der Waals surface area contributed by atoms with E-state index in [4.69, 9.17) is 4.74 Å². The van der Waals surface area contributed by atoms with Gasteiger partial charge < -0.3 is 14.2 Å². The number of hydrogen-bond donors (Lipinski definition) is 0. The lowest BCUT2D eigenvalue weighted by Crippen LogP contribution is -2.45. The quantitative estimate of drug-likeness (QED) is 0.787. The molecule has 144 valence electrons. The second-order valence-electron chi connectivity index (χ2n) is 7.81. The second kappa shape index (κ2) is 7.33. The summed E-state index contributed by atoms with van der Waals surface area (Å²) in [5.74, 6) is 2.63. The molecule has 2 fully saturated rings. The Morgan fingerprint density at radius 3 is 2.74 bits per heavy atom. The lowest BCUT2D eigenvalue weighted by Gasteiger charge is -2.35. The number of hydrogen-bond acceptors (Lipinski definition) is 4. The third kappa shape index (κ3) is 3.45. The molecule has 1 aromatic heterocycles. The van der Waals surface area contributed by atoms with E-state index in [0.717, 1.165) is 68.9 Å². The standard InChI is InChI=1S/C21H28N4O2/c1-3-24-15-22-23-19(24)13-16-5-4-12-25(14-16)20(26)21(10-11-21)17-6-8-18(27-2)9-7-17/h6-9,15-16H,3-5,10-14H2,1-2H3. The van der Waals surface area contributed by atoms with Crippen molar-refractivity contribution in [2.75, 3.05) is 20.2 Å². The van der Waals surface area contributed by atoms with Gasteiger partial charge in [0, 0.05) is 26.1 Å². The summed E-state index contributed by atoms with van der Waals surface area (Å²) in [7, 11) is 1.67. The second-order valence-corrected chi connectivity index (χ2v) is 7.81. The predicted molar refractivity (Wildman–Crippen MR) is 103 cm³/mol. The van der Waals surface area contributed by atoms with Gasteiger partial charge in [-0.15, -0.1) is 10.2 Å². The summed E-state index contributed by atoms with van der Waals surface area (Å²) in [4.78, 5) is 15.5. The van der Waals surface area contributed by atoms with Crippen LogP contribution >= 0.6 is 0 Å². The average Bonchev–Trinajstić information content (AvgIpc) is 3.41. The minimum Gasteiger partial charge on any atom is -0.497 e. The SMILES string of the molecule is CCn1cnnc1CC1CCCN(C(=O)C2(c3ccc(OC)cc3)CC2)C1. The van der Waals surface area contributed by atoms with Gasteiger partial charge in [0.25, 0.3) is 0 Å². The zero-order valence-electron chi connectivity index (χ0n) is 16.2. The van der Waals surface area contributed by atoms with Gasteiger partial charge in [0.2, 0.25) is 5.91 Å². The number of aromatic nitrogens is 3. The lowest BCUT2D eigenvalue weighted by atomic mass is 9.90. The molecule has 0 spiro atoms. The normalized spacial score (nSPS) is 21.1. The lowest BCUT2D eigenvalue weighted by molar-refractivity contribution is -0.135. The average molecular weight is 368 g/mol. The Hall–Kier alpha value is -2.37. The first-order valence-electron chi connectivity index (χ1n) is 9.97. The fraction of sp³-hybridized carbons (Fsp3) is 0.571. The fourth-order valence-electron chi connectivity index (χ4n) is 4.34. The molecule has 2 aliphatic rings. The van der Waals surface area contributed by atoms with Crippen LogP contribution in [0.1, 0.15) is 44.0 Å². The van der Waals surface area contributed by atoms with Crippen LogP contribution in [0.4, 0.5) is 0 Å². The molecule has 1 aromatic carbocycles. The highest BCUT2D eigenvalue weighted by atomic mass is 16.5. The van der Waals surface area contributed by atoms with Gasteiger partial charge in [-0.3, -0.25) is 4.79 Å². The predicted octanol–water partition coefficient (Wildman–Crippen LogP) is 2.82. The molecular formula is C21H28N4O2. The third-order valence-corrected chi connectivity index (χ3v) is 6.12. The number of aryl methyl sites for hydroxylation is 1. The number of nitrogens with zero attached hydrogens (tertiary/aromatic N) is 4. The van der Waals surface area contributed by atoms with Crippen LogP contribution in [-0.2, 0) is 23.2 Å². The van der Waals surface area contributed by atoms with Crippen molar-refractivity contribution < 1.29 is 9.53 Å². The number of piperidine rings is 1. The molecule has 0 N–H and O–H groups in total. The number of rotatable bonds is 6. The van der Waals surface area contributed by atoms with Crippen molar-refractivity contribution in [3.8, 4) is 5.75 Å². The molecule has 1 amide bonds. The first kappa shape index (κ1) is 18.0. The van der Waals surface area contributed by atoms with Gasteiger partial charge in [-0.2, -0.15) is 0 Å². The highest BCUT2D eigenvalue weighted by Gasteiger charge is 2.53. The largest absolute Gasteiger partial charge is 0.497 e. The Bertz CT molecular complexity index is 795. The molecule has 2 aromatic rings. The van der Waals surface area contributed by atoms with Gasteiger partial charge in [0.15, 0.2) is 0 Å². The number of carbonyl (C=O) groups is 1. The molecule has 6 nitrogen and oxygen atoms in total. The number of methoxy groups -OCH3 is 1. The Morgan fingerprint density at radius 1 is 1.30 bits per heavy atom. The number of ether oxygens (including phenoxy) is 1. The summed E-state index contributed by atoms with van der Waals surface area (Å²) in [6.07, 6.45) is 6.80. The van der Waals surface area contributed by atoms with E-state index in [1.165, 1.54) is 0 Å². The molecular weight excluding hydrogens is 340 g/mol. The number of benzene rings is 1. The van der Waals surface area contributed by atoms with Crippen LogP contribution in [0.5, 0.6) is 5.75 Å². The summed E-state index contributed by atoms with van der Waals surface area (Å²) in [5.41, 5.74) is 0.818. The number of carbonyl (C=O) groups excluding carboxylic acids is 1. The van der Waals surface area contributed by atoms with Crippen LogP contribution in [-0.4, -0.2) is 45.8 Å². The summed E-state index contributed by atoms with van der Waals surface area (Å²) < 4.78 is 7.35. The zero-order valence-corrected chi connectivity index (χ0v) is 16.2. The first-order chi connectivity index (χ1) is 13.2. The summed E-state index contributed by atoms with van der Waals surface area (Å²) in [6.45, 7) is 4.69. The van der Waals surface area contributed by atoms with Gasteiger partial charge in [0.05, 0.1) is 12.5 Å². The van der Waals surface area contributed by atoms with E-state index in [1.807, 2.05) is 12.1 Å². The molecule has 4 rings (SSSR count). The van der Waals surface area contributed by atoms with Crippen LogP contribution < -0.4 is 4.74 Å². The molecule has 1 unspecified atom stereocenters. The highest BCUT2D eigenvalue weighted by molar-refractivity contribution is 5.91. The van der Waals surface area contributed by atoms with Gasteiger partial charge in [0.1, 0.15) is 17.9 Å². The molecule has 1 saturated carbocycles. The molecule has 1 saturated heterocycles. The maximum atomic E-state index is 13.4. The molecule has 0 bridgehead atoms. The van der Waals surface area contributed by atoms with Crippen LogP contribution in [0.2, 0.25) is 0 Å². The topological polar surface area (TPSA) is 60.2 Å². The maximum Gasteiger partial charge on any atom is 0.233 e. The molecule has 0 radical (unpaired) electrons. The van der Waals surface area contributed by atoms with Crippen molar-refractivity contribution in [3.63, 3.8) is 0 Å². The van der Waals surface area contributed by atoms with Crippen LogP contribution in [0.25, 0.3) is 0 Å². The van der Waals surface area contributed by atoms with Crippen molar-refractivity contribution in [1.82, 2.24) is 19.7 Å². The summed E-state index contributed by atoms with van der Waals surface area (Å²) >= 11 is 0. The molecule has 1 aliphatic carbocycles. The fourth-order valence-corrected chi connectivity index (χ4v) is 4.34. The van der Waals surface area contributed by atoms with Crippen molar-refractivity contribution >= 4 is 5.91 Å². The van der Waals surface area contributed by atoms with E-state index in [2.05, 4.69) is 38.7 Å². The minimum atomic E-state index is -0.308. The van der Waals surface area contributed by atoms with Crippen molar-refractivity contribution in [2.24, 2.45) is 5.92 Å². The van der Waals surface area contributed by atoms with E-state index in [1.54, 1.807) is 13.4 Å². The molecule has 1 atom stereocenters. The van der Waals surface area contributed by atoms with E-state index in [-0.39, 0.29) is 5.41 Å². The summed E-state index contributed by atoms with van der Waals surface area (Å²) in [5, 5.41) is 8.31. The highest BCUT2D eigenvalue weighted by Crippen LogP contribution is 2.50. The molecule has 2 heterocycles. The van der Waals surface area contributed by atoms with E-state index >= 15 is 0 Å². The Morgan fingerprint density at radius 2 is 2.07 bits per heavy atom. The Kier molecular flexibility index (Phi) is 4.89. The molecule has 27 heavy (non-hydrogen) atoms. The van der Waals surface area contributed by atoms with Gasteiger partial charge in [-0.1, -0.05) is 12.1 Å². The number of amides is 1. The van der Waals surface area contributed by atoms with Crippen molar-refractivity contribution in [2.45, 2.75) is 51.0 Å². The maximum absolute atomic E-state index is 13.4. The third-order valence-electron chi connectivity index (χ3n) is 6.12. The van der Waals surface area contributed by atoms with Crippen molar-refractivity contribution in [1.29, 1.82) is 0 Å². The van der Waals surface area contributed by atoms with Crippen LogP contribution in [0, 0.1) is 5.92 Å². The van der Waals surface area contributed by atoms with Crippen LogP contribution in [0.15, 0.2) is 30.6 Å². The minimum absolute atomic E-state index is 0.300. The van der Waals surface area contributed by atoms with Gasteiger partial charge >= 0.3 is 0 Å². The summed E-state index contributed by atoms with van der Waals surface area (Å²) in [6, 6.07) is 8.02. The molecule has 1 aliphatic heterocycles. The number of likely N-dealkylation sites (tertiary alicyclic amines) is 1. The van der Waals surface area contributed by atoms with Crippen LogP contribution in [0.3, 0.4) is 0 Å². The van der Waals surface area contributed by atoms with Crippen molar-refractivity contribution in [3.05, 3.63) is 42.0 Å². The van der Waals surface area contributed by atoms with E-state index in [9.17, 15) is 4.79 Å². The van der Waals surface area contributed by atoms with E-state index < -0.39 is 0 Å². The zero-order chi connectivity index (χ0) is 18.9.